The predicted octanol–water partition coefficient (Wildman–Crippen LogP) is 2.39. The highest BCUT2D eigenvalue weighted by molar-refractivity contribution is 5.97. The van der Waals surface area contributed by atoms with Gasteiger partial charge in [-0.15, -0.1) is 0 Å². The fourth-order valence-corrected chi connectivity index (χ4v) is 2.32. The number of phenolic OH excluding ortho intramolecular Hbond substituents is 1. The Morgan fingerprint density at radius 3 is 3.05 bits per heavy atom. The Hall–Kier alpha value is -1.55. The molecule has 1 amide bonds. The number of hydrogen-bond donors (Lipinski definition) is 2. The molecule has 1 heterocycles. The summed E-state index contributed by atoms with van der Waals surface area (Å²) in [5.74, 6) is -0.161. The zero-order valence-corrected chi connectivity index (χ0v) is 11.3. The van der Waals surface area contributed by atoms with Crippen LogP contribution >= 0.6 is 0 Å². The van der Waals surface area contributed by atoms with E-state index in [-0.39, 0.29) is 17.8 Å². The number of para-hydroxylation sites is 1. The molecule has 4 nitrogen and oxygen atoms in total. The summed E-state index contributed by atoms with van der Waals surface area (Å²) in [6.07, 6.45) is 4.52. The second-order valence-corrected chi connectivity index (χ2v) is 5.00. The van der Waals surface area contributed by atoms with E-state index >= 15 is 0 Å². The van der Waals surface area contributed by atoms with Crippen molar-refractivity contribution < 1.29 is 14.6 Å². The Morgan fingerprint density at radius 2 is 2.32 bits per heavy atom. The monoisotopic (exact) mass is 263 g/mol. The number of rotatable bonds is 4. The van der Waals surface area contributed by atoms with Crippen molar-refractivity contribution in [2.75, 3.05) is 13.2 Å². The lowest BCUT2D eigenvalue weighted by molar-refractivity contribution is 0.0117. The second kappa shape index (κ2) is 6.57. The van der Waals surface area contributed by atoms with Crippen LogP contribution in [0.4, 0.5) is 0 Å². The number of carbonyl (C=O) groups is 1. The van der Waals surface area contributed by atoms with Crippen molar-refractivity contribution in [3.05, 3.63) is 29.3 Å². The first-order valence-electron chi connectivity index (χ1n) is 6.87. The average Bonchev–Trinajstić information content (AvgIpc) is 2.43. The van der Waals surface area contributed by atoms with Crippen LogP contribution in [0, 0.1) is 6.92 Å². The molecule has 2 rings (SSSR count). The molecule has 0 aromatic heterocycles. The highest BCUT2D eigenvalue weighted by Crippen LogP contribution is 2.21. The molecule has 4 heteroatoms. The normalized spacial score (nSPS) is 19.1. The van der Waals surface area contributed by atoms with Gasteiger partial charge in [0.2, 0.25) is 0 Å². The molecule has 1 aliphatic rings. The molecule has 1 saturated heterocycles. The summed E-state index contributed by atoms with van der Waals surface area (Å²) >= 11 is 0. The molecule has 1 aliphatic heterocycles. The van der Waals surface area contributed by atoms with E-state index in [4.69, 9.17) is 4.74 Å². The molecule has 0 aliphatic carbocycles. The number of hydrogen-bond acceptors (Lipinski definition) is 3. The predicted molar refractivity (Wildman–Crippen MR) is 73.4 cm³/mol. The molecule has 19 heavy (non-hydrogen) atoms. The lowest BCUT2D eigenvalue weighted by atomic mass is 10.1. The first-order chi connectivity index (χ1) is 9.18. The van der Waals surface area contributed by atoms with Crippen molar-refractivity contribution in [1.29, 1.82) is 0 Å². The molecule has 1 aromatic rings. The number of ether oxygens (including phenoxy) is 1. The van der Waals surface area contributed by atoms with Crippen LogP contribution in [0.15, 0.2) is 18.2 Å². The van der Waals surface area contributed by atoms with E-state index in [1.807, 2.05) is 0 Å². The Balaban J connectivity index is 1.82. The first kappa shape index (κ1) is 13.9. The van der Waals surface area contributed by atoms with Crippen LogP contribution < -0.4 is 5.32 Å². The van der Waals surface area contributed by atoms with Gasteiger partial charge in [0.1, 0.15) is 5.75 Å². The van der Waals surface area contributed by atoms with E-state index in [0.29, 0.717) is 17.7 Å². The lowest BCUT2D eigenvalue weighted by Crippen LogP contribution is -2.29. The van der Waals surface area contributed by atoms with Crippen molar-refractivity contribution in [3.8, 4) is 5.75 Å². The van der Waals surface area contributed by atoms with Gasteiger partial charge < -0.3 is 15.2 Å². The summed E-state index contributed by atoms with van der Waals surface area (Å²) in [6, 6.07) is 5.19. The molecule has 104 valence electrons. The minimum Gasteiger partial charge on any atom is -0.507 e. The highest BCUT2D eigenvalue weighted by Gasteiger charge is 2.15. The minimum atomic E-state index is -0.225. The van der Waals surface area contributed by atoms with Crippen molar-refractivity contribution in [1.82, 2.24) is 5.32 Å². The van der Waals surface area contributed by atoms with Crippen molar-refractivity contribution in [2.24, 2.45) is 0 Å². The maximum atomic E-state index is 11.9. The zero-order chi connectivity index (χ0) is 13.7. The number of aryl methyl sites for hydroxylation is 1. The third kappa shape index (κ3) is 3.70. The van der Waals surface area contributed by atoms with E-state index in [0.717, 1.165) is 25.9 Å². The third-order valence-corrected chi connectivity index (χ3v) is 3.51. The Labute approximate surface area is 113 Å². The Kier molecular flexibility index (Phi) is 4.80. The van der Waals surface area contributed by atoms with E-state index in [2.05, 4.69) is 5.32 Å². The molecule has 1 atom stereocenters. The summed E-state index contributed by atoms with van der Waals surface area (Å²) in [4.78, 5) is 11.9. The van der Waals surface area contributed by atoms with E-state index in [1.165, 1.54) is 6.42 Å². The number of aromatic hydroxyl groups is 1. The molecule has 0 radical (unpaired) electrons. The number of benzene rings is 1. The average molecular weight is 263 g/mol. The number of carbonyl (C=O) groups excluding carboxylic acids is 1. The van der Waals surface area contributed by atoms with E-state index in [9.17, 15) is 9.90 Å². The molecular weight excluding hydrogens is 242 g/mol. The molecule has 2 N–H and O–H groups in total. The van der Waals surface area contributed by atoms with Crippen LogP contribution in [0.3, 0.4) is 0 Å². The van der Waals surface area contributed by atoms with Gasteiger partial charge in [0.25, 0.3) is 5.91 Å². The van der Waals surface area contributed by atoms with Gasteiger partial charge in [0.05, 0.1) is 11.7 Å². The highest BCUT2D eigenvalue weighted by atomic mass is 16.5. The van der Waals surface area contributed by atoms with Crippen LogP contribution in [-0.2, 0) is 4.74 Å². The van der Waals surface area contributed by atoms with Gasteiger partial charge >= 0.3 is 0 Å². The van der Waals surface area contributed by atoms with Gasteiger partial charge in [0, 0.05) is 13.2 Å². The van der Waals surface area contributed by atoms with E-state index in [1.54, 1.807) is 25.1 Å². The quantitative estimate of drug-likeness (QED) is 0.877. The minimum absolute atomic E-state index is 0.0638. The topological polar surface area (TPSA) is 58.6 Å². The summed E-state index contributed by atoms with van der Waals surface area (Å²) in [7, 11) is 0. The van der Waals surface area contributed by atoms with Crippen LogP contribution in [-0.4, -0.2) is 30.3 Å². The van der Waals surface area contributed by atoms with Gasteiger partial charge in [-0.25, -0.2) is 0 Å². The van der Waals surface area contributed by atoms with Crippen LogP contribution in [0.25, 0.3) is 0 Å². The number of phenols is 1. The maximum Gasteiger partial charge on any atom is 0.255 e. The molecular formula is C15H21NO3. The third-order valence-electron chi connectivity index (χ3n) is 3.51. The zero-order valence-electron chi connectivity index (χ0n) is 11.3. The summed E-state index contributed by atoms with van der Waals surface area (Å²) in [6.45, 7) is 3.19. The Morgan fingerprint density at radius 1 is 1.47 bits per heavy atom. The van der Waals surface area contributed by atoms with Gasteiger partial charge in [-0.1, -0.05) is 12.1 Å². The summed E-state index contributed by atoms with van der Waals surface area (Å²) in [5.41, 5.74) is 1.05. The molecule has 1 fully saturated rings. The van der Waals surface area contributed by atoms with Crippen molar-refractivity contribution in [3.63, 3.8) is 0 Å². The van der Waals surface area contributed by atoms with E-state index < -0.39 is 0 Å². The standard InChI is InChI=1S/C15H21NO3/c1-11-5-4-7-13(14(11)17)15(18)16-9-8-12-6-2-3-10-19-12/h4-5,7,12,17H,2-3,6,8-10H2,1H3,(H,16,18). The molecule has 1 unspecified atom stereocenters. The van der Waals surface area contributed by atoms with Crippen LogP contribution in [0.5, 0.6) is 5.75 Å². The van der Waals surface area contributed by atoms with Gasteiger partial charge in [-0.2, -0.15) is 0 Å². The first-order valence-corrected chi connectivity index (χ1v) is 6.87. The summed E-state index contributed by atoms with van der Waals surface area (Å²) < 4.78 is 5.61. The number of nitrogens with one attached hydrogen (secondary N) is 1. The smallest absolute Gasteiger partial charge is 0.255 e. The maximum absolute atomic E-state index is 11.9. The van der Waals surface area contributed by atoms with Crippen molar-refractivity contribution in [2.45, 2.75) is 38.7 Å². The van der Waals surface area contributed by atoms with Crippen LogP contribution in [0.2, 0.25) is 0 Å². The van der Waals surface area contributed by atoms with Crippen molar-refractivity contribution >= 4 is 5.91 Å². The second-order valence-electron chi connectivity index (χ2n) is 5.00. The van der Waals surface area contributed by atoms with Gasteiger partial charge in [-0.3, -0.25) is 4.79 Å². The molecule has 0 saturated carbocycles. The lowest BCUT2D eigenvalue weighted by Gasteiger charge is -2.22. The van der Waals surface area contributed by atoms with Crippen LogP contribution in [0.1, 0.15) is 41.6 Å². The van der Waals surface area contributed by atoms with Gasteiger partial charge in [-0.05, 0) is 44.2 Å². The molecule has 1 aromatic carbocycles. The largest absolute Gasteiger partial charge is 0.507 e. The Bertz CT molecular complexity index is 439. The van der Waals surface area contributed by atoms with Gasteiger partial charge in [0.15, 0.2) is 0 Å². The molecule has 0 bridgehead atoms. The number of amides is 1. The SMILES string of the molecule is Cc1cccc(C(=O)NCCC2CCCCO2)c1O. The summed E-state index contributed by atoms with van der Waals surface area (Å²) in [5, 5.41) is 12.7. The fraction of sp³-hybridized carbons (Fsp3) is 0.533. The molecule has 0 spiro atoms. The fourth-order valence-electron chi connectivity index (χ4n) is 2.32.